The molecule has 7 nitrogen and oxygen atoms in total. The number of fused-ring (bicyclic) bond motifs is 1. The van der Waals surface area contributed by atoms with Crippen molar-refractivity contribution < 1.29 is 19.4 Å². The van der Waals surface area contributed by atoms with Crippen molar-refractivity contribution in [2.75, 3.05) is 34.8 Å². The zero-order valence-corrected chi connectivity index (χ0v) is 24.2. The Bertz CT molecular complexity index is 1450. The predicted molar refractivity (Wildman–Crippen MR) is 161 cm³/mol. The highest BCUT2D eigenvalue weighted by molar-refractivity contribution is 6.09. The van der Waals surface area contributed by atoms with Crippen molar-refractivity contribution in [3.05, 3.63) is 71.3 Å². The van der Waals surface area contributed by atoms with E-state index in [1.807, 2.05) is 12.1 Å². The summed E-state index contributed by atoms with van der Waals surface area (Å²) in [6.07, 6.45) is 0.993. The number of nitrogens with one attached hydrogen (secondary N) is 1. The van der Waals surface area contributed by atoms with Crippen molar-refractivity contribution in [3.63, 3.8) is 0 Å². The zero-order valence-electron chi connectivity index (χ0n) is 24.2. The first kappa shape index (κ1) is 27.7. The molecule has 2 aliphatic rings. The average Bonchev–Trinajstić information content (AvgIpc) is 2.88. The average molecular weight is 542 g/mol. The van der Waals surface area contributed by atoms with Crippen molar-refractivity contribution >= 4 is 28.9 Å². The van der Waals surface area contributed by atoms with Gasteiger partial charge in [-0.1, -0.05) is 45.0 Å². The third-order valence-corrected chi connectivity index (χ3v) is 7.72. The standard InChI is InChI=1S/C33H39N3O4/c1-20-18-35(19-21(2)40-20)30-16-25(33(4,5)6)8-11-27(30)23-7-10-28-24(15-23)13-14-36(32(28)39)26-9-12-31(38)29(17-26)34-22(3)37/h7-12,15-17,20-21,38H,13-14,18-19H2,1-6H3,(H,34,37)/t20-,21-/m0/s1. The second kappa shape index (κ2) is 10.6. The summed E-state index contributed by atoms with van der Waals surface area (Å²) in [7, 11) is 0. The van der Waals surface area contributed by atoms with Gasteiger partial charge in [0.2, 0.25) is 5.91 Å². The molecule has 1 fully saturated rings. The van der Waals surface area contributed by atoms with Crippen LogP contribution in [-0.2, 0) is 21.4 Å². The first-order valence-electron chi connectivity index (χ1n) is 14.0. The van der Waals surface area contributed by atoms with Crippen LogP contribution in [0.1, 0.15) is 63.0 Å². The molecule has 0 spiro atoms. The second-order valence-electron chi connectivity index (χ2n) is 12.1. The van der Waals surface area contributed by atoms with Gasteiger partial charge in [0.25, 0.3) is 5.91 Å². The van der Waals surface area contributed by atoms with Crippen LogP contribution in [0, 0.1) is 0 Å². The number of phenols is 1. The zero-order chi connectivity index (χ0) is 28.8. The van der Waals surface area contributed by atoms with Gasteiger partial charge >= 0.3 is 0 Å². The number of ether oxygens (including phenoxy) is 1. The minimum Gasteiger partial charge on any atom is -0.506 e. The summed E-state index contributed by atoms with van der Waals surface area (Å²) in [4.78, 5) is 29.3. The largest absolute Gasteiger partial charge is 0.506 e. The quantitative estimate of drug-likeness (QED) is 0.388. The van der Waals surface area contributed by atoms with Gasteiger partial charge in [-0.2, -0.15) is 0 Å². The number of morpholine rings is 1. The van der Waals surface area contributed by atoms with Gasteiger partial charge in [-0.15, -0.1) is 0 Å². The summed E-state index contributed by atoms with van der Waals surface area (Å²) in [5.41, 5.74) is 7.39. The van der Waals surface area contributed by atoms with Gasteiger partial charge < -0.3 is 25.0 Å². The maximum Gasteiger partial charge on any atom is 0.258 e. The van der Waals surface area contributed by atoms with Crippen LogP contribution >= 0.6 is 0 Å². The number of hydrogen-bond donors (Lipinski definition) is 2. The van der Waals surface area contributed by atoms with Crippen LogP contribution in [0.15, 0.2) is 54.6 Å². The molecule has 0 saturated carbocycles. The van der Waals surface area contributed by atoms with Gasteiger partial charge in [0, 0.05) is 49.1 Å². The van der Waals surface area contributed by atoms with E-state index in [1.54, 1.807) is 17.0 Å². The van der Waals surface area contributed by atoms with Crippen LogP contribution in [0.3, 0.4) is 0 Å². The molecule has 2 N–H and O–H groups in total. The number of aromatic hydroxyl groups is 1. The molecule has 3 aromatic carbocycles. The molecule has 2 amide bonds. The number of amides is 2. The van der Waals surface area contributed by atoms with Crippen molar-refractivity contribution in [2.24, 2.45) is 0 Å². The normalized spacial score (nSPS) is 19.4. The minimum absolute atomic E-state index is 0.0244. The lowest BCUT2D eigenvalue weighted by molar-refractivity contribution is -0.114. The molecule has 2 heterocycles. The lowest BCUT2D eigenvalue weighted by atomic mass is 9.84. The molecule has 210 valence electrons. The SMILES string of the molecule is CC(=O)Nc1cc(N2CCc3cc(-c4ccc(C(C)(C)C)cc4N4C[C@H](C)O[C@@H](C)C4)ccc3C2=O)ccc1O. The summed E-state index contributed by atoms with van der Waals surface area (Å²) in [6, 6.07) is 17.7. The lowest BCUT2D eigenvalue weighted by Crippen LogP contribution is -2.45. The summed E-state index contributed by atoms with van der Waals surface area (Å²) in [5, 5.41) is 12.7. The monoisotopic (exact) mass is 541 g/mol. The van der Waals surface area contributed by atoms with Crippen molar-refractivity contribution in [3.8, 4) is 16.9 Å². The van der Waals surface area contributed by atoms with E-state index in [2.05, 4.69) is 69.1 Å². The molecular formula is C33H39N3O4. The molecule has 40 heavy (non-hydrogen) atoms. The van der Waals surface area contributed by atoms with Crippen LogP contribution in [0.4, 0.5) is 17.1 Å². The Kier molecular flexibility index (Phi) is 7.36. The first-order chi connectivity index (χ1) is 18.9. The van der Waals surface area contributed by atoms with Crippen LogP contribution < -0.4 is 15.1 Å². The molecule has 1 saturated heterocycles. The molecular weight excluding hydrogens is 502 g/mol. The number of rotatable bonds is 4. The Labute approximate surface area is 236 Å². The Balaban J connectivity index is 1.49. The molecule has 0 bridgehead atoms. The third kappa shape index (κ3) is 5.56. The topological polar surface area (TPSA) is 82.1 Å². The Morgan fingerprint density at radius 2 is 1.68 bits per heavy atom. The minimum atomic E-state index is -0.286. The maximum absolute atomic E-state index is 13.6. The van der Waals surface area contributed by atoms with Crippen LogP contribution in [0.5, 0.6) is 5.75 Å². The van der Waals surface area contributed by atoms with E-state index in [9.17, 15) is 14.7 Å². The predicted octanol–water partition coefficient (Wildman–Crippen LogP) is 6.13. The van der Waals surface area contributed by atoms with Gasteiger partial charge in [0.1, 0.15) is 5.75 Å². The van der Waals surface area contributed by atoms with Gasteiger partial charge in [-0.3, -0.25) is 9.59 Å². The van der Waals surface area contributed by atoms with E-state index in [0.717, 1.165) is 29.8 Å². The first-order valence-corrected chi connectivity index (χ1v) is 14.0. The highest BCUT2D eigenvalue weighted by atomic mass is 16.5. The molecule has 0 aliphatic carbocycles. The summed E-state index contributed by atoms with van der Waals surface area (Å²) >= 11 is 0. The summed E-state index contributed by atoms with van der Waals surface area (Å²) < 4.78 is 6.03. The van der Waals surface area contributed by atoms with E-state index < -0.39 is 0 Å². The smallest absolute Gasteiger partial charge is 0.258 e. The van der Waals surface area contributed by atoms with E-state index in [1.165, 1.54) is 24.2 Å². The number of phenolic OH excluding ortho intramolecular Hbond substituents is 1. The van der Waals surface area contributed by atoms with Gasteiger partial charge in [-0.25, -0.2) is 0 Å². The molecule has 7 heteroatoms. The van der Waals surface area contributed by atoms with Crippen LogP contribution in [0.2, 0.25) is 0 Å². The lowest BCUT2D eigenvalue weighted by Gasteiger charge is -2.38. The van der Waals surface area contributed by atoms with Crippen LogP contribution in [-0.4, -0.2) is 48.8 Å². The Morgan fingerprint density at radius 1 is 0.975 bits per heavy atom. The molecule has 0 aromatic heterocycles. The number of nitrogens with zero attached hydrogens (tertiary/aromatic N) is 2. The number of hydrogen-bond acceptors (Lipinski definition) is 5. The maximum atomic E-state index is 13.6. The van der Waals surface area contributed by atoms with Gasteiger partial charge in [-0.05, 0) is 72.7 Å². The number of anilines is 3. The number of carbonyl (C=O) groups is 2. The number of benzene rings is 3. The van der Waals surface area contributed by atoms with Gasteiger partial charge in [0.15, 0.2) is 0 Å². The summed E-state index contributed by atoms with van der Waals surface area (Å²) in [5.74, 6) is -0.414. The Morgan fingerprint density at radius 3 is 2.35 bits per heavy atom. The van der Waals surface area contributed by atoms with E-state index in [0.29, 0.717) is 24.2 Å². The highest BCUT2D eigenvalue weighted by Gasteiger charge is 2.29. The van der Waals surface area contributed by atoms with E-state index in [-0.39, 0.29) is 40.9 Å². The van der Waals surface area contributed by atoms with E-state index >= 15 is 0 Å². The molecule has 5 rings (SSSR count). The van der Waals surface area contributed by atoms with Crippen molar-refractivity contribution in [2.45, 2.75) is 65.6 Å². The molecule has 0 unspecified atom stereocenters. The fourth-order valence-corrected chi connectivity index (χ4v) is 5.76. The highest BCUT2D eigenvalue weighted by Crippen LogP contribution is 2.39. The molecule has 2 atom stereocenters. The third-order valence-electron chi connectivity index (χ3n) is 7.72. The van der Waals surface area contributed by atoms with Gasteiger partial charge in [0.05, 0.1) is 17.9 Å². The van der Waals surface area contributed by atoms with Crippen LogP contribution in [0.25, 0.3) is 11.1 Å². The molecule has 3 aromatic rings. The second-order valence-corrected chi connectivity index (χ2v) is 12.1. The Hall–Kier alpha value is -3.84. The fourth-order valence-electron chi connectivity index (χ4n) is 5.76. The number of carbonyl (C=O) groups excluding carboxylic acids is 2. The molecule has 2 aliphatic heterocycles. The fraction of sp³-hybridized carbons (Fsp3) is 0.394. The van der Waals surface area contributed by atoms with Crippen molar-refractivity contribution in [1.82, 2.24) is 0 Å². The van der Waals surface area contributed by atoms with Crippen molar-refractivity contribution in [1.29, 1.82) is 0 Å². The molecule has 0 radical (unpaired) electrons. The summed E-state index contributed by atoms with van der Waals surface area (Å²) in [6.45, 7) is 14.5. The van der Waals surface area contributed by atoms with E-state index in [4.69, 9.17) is 4.74 Å².